The number of alkyl halides is 1. The van der Waals surface area contributed by atoms with E-state index in [0.29, 0.717) is 43.2 Å². The lowest BCUT2D eigenvalue weighted by molar-refractivity contribution is 0.0498. The number of imidazole rings is 1. The fourth-order valence-corrected chi connectivity index (χ4v) is 6.40. The Morgan fingerprint density at radius 3 is 2.56 bits per heavy atom. The Kier molecular flexibility index (Phi) is 8.75. The number of anilines is 3. The predicted molar refractivity (Wildman–Crippen MR) is 179 cm³/mol. The van der Waals surface area contributed by atoms with Crippen molar-refractivity contribution in [3.05, 3.63) is 76.5 Å². The third-order valence-corrected chi connectivity index (χ3v) is 9.25. The van der Waals surface area contributed by atoms with Crippen molar-refractivity contribution in [3.8, 4) is 5.75 Å². The maximum atomic E-state index is 14.0. The molecule has 3 aromatic heterocycles. The second-order valence-corrected chi connectivity index (χ2v) is 13.6. The summed E-state index contributed by atoms with van der Waals surface area (Å²) in [5.41, 5.74) is 1.92. The summed E-state index contributed by atoms with van der Waals surface area (Å²) >= 11 is 0. The first-order valence-corrected chi connectivity index (χ1v) is 16.0. The second kappa shape index (κ2) is 12.8. The zero-order valence-corrected chi connectivity index (χ0v) is 27.7. The van der Waals surface area contributed by atoms with Crippen molar-refractivity contribution in [1.82, 2.24) is 29.4 Å². The van der Waals surface area contributed by atoms with E-state index in [1.54, 1.807) is 36.1 Å². The number of benzene rings is 1. The Morgan fingerprint density at radius 2 is 1.92 bits per heavy atom. The van der Waals surface area contributed by atoms with Crippen LogP contribution in [0.15, 0.2) is 59.7 Å². The Labute approximate surface area is 277 Å². The molecule has 2 unspecified atom stereocenters. The molecule has 4 aromatic rings. The van der Waals surface area contributed by atoms with Crippen LogP contribution in [-0.4, -0.2) is 80.6 Å². The minimum atomic E-state index is -1.07. The number of carbonyl (C=O) groups is 2. The van der Waals surface area contributed by atoms with E-state index in [0.717, 1.165) is 11.3 Å². The number of hydrogen-bond donors (Lipinski definition) is 3. The van der Waals surface area contributed by atoms with Crippen LogP contribution in [-0.2, 0) is 6.54 Å². The molecule has 1 aliphatic carbocycles. The number of likely N-dealkylation sites (tertiary alicyclic amines) is 1. The summed E-state index contributed by atoms with van der Waals surface area (Å²) in [6.07, 6.45) is 1.88. The van der Waals surface area contributed by atoms with E-state index in [9.17, 15) is 23.9 Å². The summed E-state index contributed by atoms with van der Waals surface area (Å²) in [7, 11) is 3.50. The number of ether oxygens (including phenoxy) is 1. The van der Waals surface area contributed by atoms with Crippen molar-refractivity contribution < 1.29 is 23.8 Å². The summed E-state index contributed by atoms with van der Waals surface area (Å²) in [5, 5.41) is 20.2. The van der Waals surface area contributed by atoms with E-state index in [1.165, 1.54) is 15.6 Å². The van der Waals surface area contributed by atoms with E-state index >= 15 is 0 Å². The summed E-state index contributed by atoms with van der Waals surface area (Å²) < 4.78 is 22.0. The molecule has 1 saturated heterocycles. The van der Waals surface area contributed by atoms with Gasteiger partial charge in [-0.1, -0.05) is 32.9 Å². The summed E-state index contributed by atoms with van der Waals surface area (Å²) in [4.78, 5) is 46.9. The number of nitrogens with zero attached hydrogens (tertiary/aromatic N) is 6. The van der Waals surface area contributed by atoms with Gasteiger partial charge in [-0.05, 0) is 41.7 Å². The molecule has 4 heterocycles. The first-order valence-electron chi connectivity index (χ1n) is 16.0. The van der Waals surface area contributed by atoms with Crippen LogP contribution in [0.5, 0.6) is 5.75 Å². The summed E-state index contributed by atoms with van der Waals surface area (Å²) in [6.45, 7) is 7.32. The standard InChI is InChI=1S/C34H41FN8O5/c1-34(2,3)22-19-41(33(46)47)14-12-26(22)42-13-6-7-24(32(42)45)37-29-16-27(40(4)18-20-8-10-21(48-5)11-9-20)30-36-17-28(43(30)39-29)31(44)38-25-15-23(25)35/h6-11,13,16-17,22-23,25-26H,12,14-15,18-19H2,1-5H3,(H,37,39)(H,38,44)(H,46,47)/t22?,23-,25+,26?/m0/s1. The van der Waals surface area contributed by atoms with Crippen LogP contribution >= 0.6 is 0 Å². The number of nitrogens with one attached hydrogen (secondary N) is 2. The van der Waals surface area contributed by atoms with Gasteiger partial charge < -0.3 is 34.8 Å². The highest BCUT2D eigenvalue weighted by Crippen LogP contribution is 2.40. The maximum absolute atomic E-state index is 14.0. The van der Waals surface area contributed by atoms with E-state index in [-0.39, 0.29) is 40.7 Å². The molecular weight excluding hydrogens is 619 g/mol. The number of amides is 2. The molecule has 0 spiro atoms. The van der Waals surface area contributed by atoms with Gasteiger partial charge in [0, 0.05) is 57.3 Å². The van der Waals surface area contributed by atoms with Gasteiger partial charge in [0.15, 0.2) is 17.2 Å². The normalized spacial score (nSPS) is 20.8. The van der Waals surface area contributed by atoms with Gasteiger partial charge in [-0.3, -0.25) is 9.59 Å². The lowest BCUT2D eigenvalue weighted by Crippen LogP contribution is -2.49. The van der Waals surface area contributed by atoms with Gasteiger partial charge in [0.05, 0.1) is 25.0 Å². The van der Waals surface area contributed by atoms with Gasteiger partial charge in [-0.25, -0.2) is 18.7 Å². The molecule has 254 valence electrons. The maximum Gasteiger partial charge on any atom is 0.407 e. The molecule has 0 radical (unpaired) electrons. The molecular formula is C34H41FN8O5. The van der Waals surface area contributed by atoms with E-state index in [1.807, 2.05) is 36.2 Å². The molecule has 48 heavy (non-hydrogen) atoms. The number of fused-ring (bicyclic) bond motifs is 1. The Morgan fingerprint density at radius 1 is 1.19 bits per heavy atom. The van der Waals surface area contributed by atoms with Crippen molar-refractivity contribution in [3.63, 3.8) is 0 Å². The molecule has 13 nitrogen and oxygen atoms in total. The first-order chi connectivity index (χ1) is 22.8. The molecule has 3 N–H and O–H groups in total. The molecule has 1 aromatic carbocycles. The average molecular weight is 661 g/mol. The van der Waals surface area contributed by atoms with Gasteiger partial charge in [-0.15, -0.1) is 5.10 Å². The number of piperidine rings is 1. The summed E-state index contributed by atoms with van der Waals surface area (Å²) in [6, 6.07) is 12.1. The number of halogens is 1. The van der Waals surface area contributed by atoms with Gasteiger partial charge >= 0.3 is 6.09 Å². The number of methoxy groups -OCH3 is 1. The first kappa shape index (κ1) is 32.8. The highest BCUT2D eigenvalue weighted by Gasteiger charge is 2.40. The third kappa shape index (κ3) is 6.64. The van der Waals surface area contributed by atoms with Gasteiger partial charge in [0.1, 0.15) is 17.6 Å². The van der Waals surface area contributed by atoms with Crippen LogP contribution in [0.1, 0.15) is 55.7 Å². The van der Waals surface area contributed by atoms with Crippen molar-refractivity contribution in [2.75, 3.05) is 37.5 Å². The zero-order valence-electron chi connectivity index (χ0n) is 27.7. The molecule has 2 fully saturated rings. The molecule has 6 rings (SSSR count). The zero-order chi connectivity index (χ0) is 34.3. The van der Waals surface area contributed by atoms with Crippen LogP contribution < -0.4 is 25.8 Å². The van der Waals surface area contributed by atoms with Crippen LogP contribution in [0.4, 0.5) is 26.4 Å². The van der Waals surface area contributed by atoms with Gasteiger partial charge in [-0.2, -0.15) is 0 Å². The van der Waals surface area contributed by atoms with Crippen LogP contribution in [0, 0.1) is 11.3 Å². The molecule has 0 bridgehead atoms. The van der Waals surface area contributed by atoms with Crippen molar-refractivity contribution in [1.29, 1.82) is 0 Å². The highest BCUT2D eigenvalue weighted by atomic mass is 19.1. The largest absolute Gasteiger partial charge is 0.497 e. The van der Waals surface area contributed by atoms with E-state index < -0.39 is 24.2 Å². The minimum Gasteiger partial charge on any atom is -0.497 e. The van der Waals surface area contributed by atoms with Crippen LogP contribution in [0.3, 0.4) is 0 Å². The molecule has 2 amide bonds. The Balaban J connectivity index is 1.36. The Bertz CT molecular complexity index is 1890. The lowest BCUT2D eigenvalue weighted by atomic mass is 9.73. The average Bonchev–Trinajstić information content (AvgIpc) is 3.57. The smallest absolute Gasteiger partial charge is 0.407 e. The lowest BCUT2D eigenvalue weighted by Gasteiger charge is -2.44. The topological polar surface area (TPSA) is 146 Å². The van der Waals surface area contributed by atoms with Crippen molar-refractivity contribution >= 4 is 34.8 Å². The molecule has 14 heteroatoms. The van der Waals surface area contributed by atoms with Gasteiger partial charge in [0.2, 0.25) is 0 Å². The second-order valence-electron chi connectivity index (χ2n) is 13.6. The SMILES string of the molecule is COc1ccc(CN(C)c2cc(Nc3cccn(C4CCN(C(=O)O)CC4C(C)(C)C)c3=O)nn3c(C(=O)N[C@@H]4C[C@@H]4F)cnc23)cc1. The molecule has 1 saturated carbocycles. The van der Waals surface area contributed by atoms with E-state index in [2.05, 4.69) is 41.5 Å². The van der Waals surface area contributed by atoms with Crippen molar-refractivity contribution in [2.24, 2.45) is 11.3 Å². The third-order valence-electron chi connectivity index (χ3n) is 9.25. The quantitative estimate of drug-likeness (QED) is 0.232. The van der Waals surface area contributed by atoms with Crippen LogP contribution in [0.25, 0.3) is 5.65 Å². The summed E-state index contributed by atoms with van der Waals surface area (Å²) in [5.74, 6) is 0.433. The molecule has 2 aliphatic rings. The van der Waals surface area contributed by atoms with E-state index in [4.69, 9.17) is 4.74 Å². The highest BCUT2D eigenvalue weighted by molar-refractivity contribution is 5.94. The number of carbonyl (C=O) groups excluding carboxylic acids is 1. The monoisotopic (exact) mass is 660 g/mol. The number of hydrogen-bond acceptors (Lipinski definition) is 8. The predicted octanol–water partition coefficient (Wildman–Crippen LogP) is 4.71. The number of carboxylic acid groups (broad SMARTS) is 1. The fourth-order valence-electron chi connectivity index (χ4n) is 6.40. The fraction of sp³-hybridized carbons (Fsp3) is 0.441. The Hall–Kier alpha value is -5.14. The minimum absolute atomic E-state index is 0.106. The van der Waals surface area contributed by atoms with Gasteiger partial charge in [0.25, 0.3) is 11.5 Å². The van der Waals surface area contributed by atoms with Crippen LogP contribution in [0.2, 0.25) is 0 Å². The number of rotatable bonds is 9. The molecule has 1 aliphatic heterocycles. The number of aromatic nitrogens is 4. The molecule has 4 atom stereocenters. The van der Waals surface area contributed by atoms with Crippen molar-refractivity contribution in [2.45, 2.75) is 58.4 Å². The number of pyridine rings is 1.